The van der Waals surface area contributed by atoms with Crippen molar-refractivity contribution in [3.05, 3.63) is 45.7 Å². The molecular weight excluding hydrogens is 285 g/mol. The van der Waals surface area contributed by atoms with Crippen molar-refractivity contribution >= 4 is 22.1 Å². The summed E-state index contributed by atoms with van der Waals surface area (Å²) in [6, 6.07) is 6.21. The molecule has 1 aliphatic rings. The van der Waals surface area contributed by atoms with E-state index < -0.39 is 0 Å². The van der Waals surface area contributed by atoms with Crippen LogP contribution in [0, 0.1) is 5.82 Å². The standard InChI is InChI=1S/C13H13BrFNO/c14-13-3-1-2-11(13)8-16-17-9-10-4-6-12(15)7-5-10/h4-8H,1-3,9H2/b16-8+. The summed E-state index contributed by atoms with van der Waals surface area (Å²) >= 11 is 3.50. The number of allylic oxidation sites excluding steroid dienone is 2. The highest BCUT2D eigenvalue weighted by Crippen LogP contribution is 2.28. The number of rotatable bonds is 4. The van der Waals surface area contributed by atoms with Gasteiger partial charge in [0.25, 0.3) is 0 Å². The monoisotopic (exact) mass is 297 g/mol. The van der Waals surface area contributed by atoms with Crippen molar-refractivity contribution in [3.8, 4) is 0 Å². The number of hydrogen-bond acceptors (Lipinski definition) is 2. The summed E-state index contributed by atoms with van der Waals surface area (Å²) in [5.74, 6) is -0.239. The second kappa shape index (κ2) is 5.96. The molecule has 0 radical (unpaired) electrons. The molecule has 0 amide bonds. The largest absolute Gasteiger partial charge is 0.391 e. The molecule has 90 valence electrons. The maximum atomic E-state index is 12.6. The molecule has 17 heavy (non-hydrogen) atoms. The molecule has 0 saturated heterocycles. The number of nitrogens with zero attached hydrogens (tertiary/aromatic N) is 1. The van der Waals surface area contributed by atoms with Crippen molar-refractivity contribution in [1.29, 1.82) is 0 Å². The van der Waals surface area contributed by atoms with Gasteiger partial charge in [0.15, 0.2) is 0 Å². The maximum Gasteiger partial charge on any atom is 0.142 e. The molecule has 0 atom stereocenters. The van der Waals surface area contributed by atoms with E-state index in [0.717, 1.165) is 18.4 Å². The van der Waals surface area contributed by atoms with E-state index in [1.54, 1.807) is 18.3 Å². The second-order valence-electron chi connectivity index (χ2n) is 3.92. The minimum absolute atomic E-state index is 0.239. The third-order valence-corrected chi connectivity index (χ3v) is 3.52. The molecule has 0 spiro atoms. The molecule has 0 saturated carbocycles. The number of hydrogen-bond donors (Lipinski definition) is 0. The molecule has 0 N–H and O–H groups in total. The third-order valence-electron chi connectivity index (χ3n) is 2.62. The molecule has 0 bridgehead atoms. The van der Waals surface area contributed by atoms with Gasteiger partial charge in [0.2, 0.25) is 0 Å². The Kier molecular flexibility index (Phi) is 4.31. The van der Waals surface area contributed by atoms with Gasteiger partial charge in [-0.25, -0.2) is 4.39 Å². The van der Waals surface area contributed by atoms with Crippen LogP contribution in [0.2, 0.25) is 0 Å². The molecular formula is C13H13BrFNO. The summed E-state index contributed by atoms with van der Waals surface area (Å²) in [6.45, 7) is 0.363. The first-order chi connectivity index (χ1) is 8.25. The summed E-state index contributed by atoms with van der Waals surface area (Å²) in [5, 5.41) is 3.91. The van der Waals surface area contributed by atoms with Gasteiger partial charge >= 0.3 is 0 Å². The quantitative estimate of drug-likeness (QED) is 0.604. The predicted octanol–water partition coefficient (Wildman–Crippen LogP) is 4.16. The van der Waals surface area contributed by atoms with E-state index in [-0.39, 0.29) is 5.82 Å². The molecule has 0 fully saturated rings. The van der Waals surface area contributed by atoms with Gasteiger partial charge in [-0.2, -0.15) is 0 Å². The minimum atomic E-state index is -0.239. The van der Waals surface area contributed by atoms with E-state index in [9.17, 15) is 4.39 Å². The Morgan fingerprint density at radius 3 is 2.71 bits per heavy atom. The van der Waals surface area contributed by atoms with Gasteiger partial charge in [-0.1, -0.05) is 33.2 Å². The van der Waals surface area contributed by atoms with Gasteiger partial charge in [0.05, 0.1) is 6.21 Å². The number of benzene rings is 1. The lowest BCUT2D eigenvalue weighted by atomic mass is 10.2. The minimum Gasteiger partial charge on any atom is -0.391 e. The Bertz CT molecular complexity index is 439. The first-order valence-electron chi connectivity index (χ1n) is 5.53. The van der Waals surface area contributed by atoms with Crippen LogP contribution < -0.4 is 0 Å². The Hall–Kier alpha value is -1.16. The molecule has 4 heteroatoms. The lowest BCUT2D eigenvalue weighted by Gasteiger charge is -1.99. The smallest absolute Gasteiger partial charge is 0.142 e. The average molecular weight is 298 g/mol. The van der Waals surface area contributed by atoms with Crippen molar-refractivity contribution in [3.63, 3.8) is 0 Å². The first kappa shape index (κ1) is 12.3. The van der Waals surface area contributed by atoms with Gasteiger partial charge < -0.3 is 4.84 Å². The zero-order valence-electron chi connectivity index (χ0n) is 9.33. The fourth-order valence-corrected chi connectivity index (χ4v) is 2.24. The Morgan fingerprint density at radius 1 is 1.29 bits per heavy atom. The molecule has 1 aliphatic carbocycles. The second-order valence-corrected chi connectivity index (χ2v) is 4.88. The number of oxime groups is 1. The van der Waals surface area contributed by atoms with Gasteiger partial charge in [0, 0.05) is 0 Å². The van der Waals surface area contributed by atoms with Crippen molar-refractivity contribution in [2.45, 2.75) is 25.9 Å². The van der Waals surface area contributed by atoms with E-state index in [2.05, 4.69) is 21.1 Å². The summed E-state index contributed by atoms with van der Waals surface area (Å²) in [6.07, 6.45) is 5.05. The molecule has 2 rings (SSSR count). The van der Waals surface area contributed by atoms with Crippen molar-refractivity contribution in [2.75, 3.05) is 0 Å². The zero-order valence-corrected chi connectivity index (χ0v) is 10.9. The molecule has 0 aromatic heterocycles. The molecule has 1 aromatic rings. The van der Waals surface area contributed by atoms with E-state index in [1.165, 1.54) is 28.6 Å². The zero-order chi connectivity index (χ0) is 12.1. The molecule has 0 heterocycles. The van der Waals surface area contributed by atoms with Crippen LogP contribution in [0.15, 0.2) is 39.5 Å². The highest BCUT2D eigenvalue weighted by molar-refractivity contribution is 9.11. The summed E-state index contributed by atoms with van der Waals surface area (Å²) in [5.41, 5.74) is 2.10. The van der Waals surface area contributed by atoms with Crippen LogP contribution in [0.4, 0.5) is 4.39 Å². The summed E-state index contributed by atoms with van der Waals surface area (Å²) in [4.78, 5) is 5.16. The fourth-order valence-electron chi connectivity index (χ4n) is 1.66. The lowest BCUT2D eigenvalue weighted by Crippen LogP contribution is -1.89. The molecule has 0 unspecified atom stereocenters. The van der Waals surface area contributed by atoms with Gasteiger partial charge in [-0.15, -0.1) is 0 Å². The Balaban J connectivity index is 1.81. The highest BCUT2D eigenvalue weighted by Gasteiger charge is 2.09. The maximum absolute atomic E-state index is 12.6. The van der Waals surface area contributed by atoms with E-state index in [0.29, 0.717) is 6.61 Å². The molecule has 0 aliphatic heterocycles. The van der Waals surface area contributed by atoms with Gasteiger partial charge in [0.1, 0.15) is 12.4 Å². The fraction of sp³-hybridized carbons (Fsp3) is 0.308. The van der Waals surface area contributed by atoms with Crippen molar-refractivity contribution in [1.82, 2.24) is 0 Å². The predicted molar refractivity (Wildman–Crippen MR) is 69.5 cm³/mol. The normalized spacial score (nSPS) is 15.9. The van der Waals surface area contributed by atoms with Gasteiger partial charge in [-0.3, -0.25) is 0 Å². The van der Waals surface area contributed by atoms with Crippen LogP contribution in [0.5, 0.6) is 0 Å². The Labute approximate surface area is 108 Å². The topological polar surface area (TPSA) is 21.6 Å². The summed E-state index contributed by atoms with van der Waals surface area (Å²) < 4.78 is 13.9. The van der Waals surface area contributed by atoms with Gasteiger partial charge in [-0.05, 0) is 47.0 Å². The summed E-state index contributed by atoms with van der Waals surface area (Å²) in [7, 11) is 0. The van der Waals surface area contributed by atoms with Crippen LogP contribution in [0.1, 0.15) is 24.8 Å². The molecule has 1 aromatic carbocycles. The van der Waals surface area contributed by atoms with Crippen molar-refractivity contribution < 1.29 is 9.23 Å². The lowest BCUT2D eigenvalue weighted by molar-refractivity contribution is 0.132. The van der Waals surface area contributed by atoms with Crippen molar-refractivity contribution in [2.24, 2.45) is 5.16 Å². The Morgan fingerprint density at radius 2 is 2.06 bits per heavy atom. The number of halogens is 2. The third kappa shape index (κ3) is 3.66. The first-order valence-corrected chi connectivity index (χ1v) is 6.32. The highest BCUT2D eigenvalue weighted by atomic mass is 79.9. The van der Waals surface area contributed by atoms with Crippen LogP contribution in [-0.2, 0) is 11.4 Å². The average Bonchev–Trinajstić information content (AvgIpc) is 2.73. The SMILES string of the molecule is Fc1ccc(CO/N=C/C2=C(Br)CCC2)cc1. The van der Waals surface area contributed by atoms with Crippen LogP contribution in [0.3, 0.4) is 0 Å². The van der Waals surface area contributed by atoms with E-state index >= 15 is 0 Å². The van der Waals surface area contributed by atoms with E-state index in [1.807, 2.05) is 0 Å². The van der Waals surface area contributed by atoms with Crippen LogP contribution in [0.25, 0.3) is 0 Å². The van der Waals surface area contributed by atoms with Crippen LogP contribution in [-0.4, -0.2) is 6.21 Å². The van der Waals surface area contributed by atoms with E-state index in [4.69, 9.17) is 4.84 Å². The van der Waals surface area contributed by atoms with Crippen LogP contribution >= 0.6 is 15.9 Å². The molecule has 2 nitrogen and oxygen atoms in total.